The molecule has 0 bridgehead atoms. The maximum Gasteiger partial charge on any atom is 0.408 e. The summed E-state index contributed by atoms with van der Waals surface area (Å²) in [4.78, 5) is 15.7. The third kappa shape index (κ3) is 4.02. The van der Waals surface area contributed by atoms with Gasteiger partial charge < -0.3 is 15.0 Å². The number of nitrogens with one attached hydrogen (secondary N) is 2. The van der Waals surface area contributed by atoms with Crippen molar-refractivity contribution in [3.05, 3.63) is 71.4 Å². The van der Waals surface area contributed by atoms with Gasteiger partial charge in [-0.3, -0.25) is 0 Å². The molecule has 4 nitrogen and oxygen atoms in total. The minimum atomic E-state index is -0.540. The number of benzene rings is 2. The molecule has 0 spiro atoms. The molecule has 0 saturated carbocycles. The van der Waals surface area contributed by atoms with Crippen LogP contribution in [0.5, 0.6) is 0 Å². The molecule has 4 heteroatoms. The van der Waals surface area contributed by atoms with Crippen LogP contribution in [0.3, 0.4) is 0 Å². The molecule has 3 aromatic rings. The molecule has 1 atom stereocenters. The predicted octanol–water partition coefficient (Wildman–Crippen LogP) is 5.09. The van der Waals surface area contributed by atoms with Crippen LogP contribution in [0.2, 0.25) is 0 Å². The molecule has 0 radical (unpaired) electrons. The molecule has 1 amide bonds. The lowest BCUT2D eigenvalue weighted by Crippen LogP contribution is -2.35. The molecule has 0 fully saturated rings. The van der Waals surface area contributed by atoms with E-state index in [-0.39, 0.29) is 6.04 Å². The van der Waals surface area contributed by atoms with Gasteiger partial charge in [0, 0.05) is 22.7 Å². The van der Waals surface area contributed by atoms with E-state index in [1.807, 2.05) is 76.4 Å². The Kier molecular flexibility index (Phi) is 4.53. The van der Waals surface area contributed by atoms with Crippen LogP contribution in [-0.2, 0) is 4.74 Å². The Bertz CT molecular complexity index is 873. The van der Waals surface area contributed by atoms with Crippen molar-refractivity contribution >= 4 is 17.0 Å². The number of aromatic amines is 1. The number of para-hydroxylation sites is 1. The fourth-order valence-corrected chi connectivity index (χ4v) is 2.86. The number of carbonyl (C=O) groups is 1. The number of alkyl carbamates (subject to hydrolysis) is 1. The molecule has 1 aromatic heterocycles. The standard InChI is InChI=1S/C21H24N2O2/c1-14-9-11-15(12-10-14)19(23-20(24)25-21(2,3)4)17-13-22-18-8-6-5-7-16(17)18/h5-13,19,22H,1-4H3,(H,23,24). The third-order valence-corrected chi connectivity index (χ3v) is 4.00. The van der Waals surface area contributed by atoms with E-state index in [0.717, 1.165) is 22.0 Å². The van der Waals surface area contributed by atoms with Crippen LogP contribution in [0.15, 0.2) is 54.7 Å². The highest BCUT2D eigenvalue weighted by Gasteiger charge is 2.23. The normalized spacial score (nSPS) is 12.8. The largest absolute Gasteiger partial charge is 0.444 e. The molecule has 1 heterocycles. The Labute approximate surface area is 148 Å². The van der Waals surface area contributed by atoms with E-state index in [4.69, 9.17) is 4.74 Å². The fraction of sp³-hybridized carbons (Fsp3) is 0.286. The Morgan fingerprint density at radius 1 is 1.08 bits per heavy atom. The van der Waals surface area contributed by atoms with Crippen LogP contribution >= 0.6 is 0 Å². The van der Waals surface area contributed by atoms with Crippen molar-refractivity contribution in [2.24, 2.45) is 0 Å². The Hall–Kier alpha value is -2.75. The van der Waals surface area contributed by atoms with Crippen LogP contribution in [0, 0.1) is 6.92 Å². The second-order valence-corrected chi connectivity index (χ2v) is 7.28. The van der Waals surface area contributed by atoms with Crippen molar-refractivity contribution in [2.75, 3.05) is 0 Å². The van der Waals surface area contributed by atoms with E-state index in [0.29, 0.717) is 0 Å². The average molecular weight is 336 g/mol. The molecular weight excluding hydrogens is 312 g/mol. The molecule has 0 aliphatic carbocycles. The van der Waals surface area contributed by atoms with E-state index in [9.17, 15) is 4.79 Å². The molecule has 0 aliphatic heterocycles. The number of fused-ring (bicyclic) bond motifs is 1. The van der Waals surface area contributed by atoms with Gasteiger partial charge in [-0.25, -0.2) is 4.79 Å². The topological polar surface area (TPSA) is 54.1 Å². The number of aryl methyl sites for hydroxylation is 1. The summed E-state index contributed by atoms with van der Waals surface area (Å²) < 4.78 is 5.46. The molecule has 0 aliphatic rings. The second kappa shape index (κ2) is 6.63. The summed E-state index contributed by atoms with van der Waals surface area (Å²) in [7, 11) is 0. The Morgan fingerprint density at radius 3 is 2.44 bits per heavy atom. The summed E-state index contributed by atoms with van der Waals surface area (Å²) in [6, 6.07) is 16.0. The monoisotopic (exact) mass is 336 g/mol. The Balaban J connectivity index is 2.00. The van der Waals surface area contributed by atoms with Gasteiger partial charge in [0.05, 0.1) is 6.04 Å². The zero-order valence-electron chi connectivity index (χ0n) is 15.1. The van der Waals surface area contributed by atoms with Crippen LogP contribution in [0.1, 0.15) is 43.5 Å². The van der Waals surface area contributed by atoms with Gasteiger partial charge >= 0.3 is 6.09 Å². The van der Waals surface area contributed by atoms with E-state index in [2.05, 4.69) is 16.4 Å². The maximum absolute atomic E-state index is 12.4. The fourth-order valence-electron chi connectivity index (χ4n) is 2.86. The van der Waals surface area contributed by atoms with Crippen molar-refractivity contribution in [1.82, 2.24) is 10.3 Å². The lowest BCUT2D eigenvalue weighted by Gasteiger charge is -2.24. The van der Waals surface area contributed by atoms with Crippen LogP contribution in [-0.4, -0.2) is 16.7 Å². The highest BCUT2D eigenvalue weighted by atomic mass is 16.6. The first-order valence-electron chi connectivity index (χ1n) is 8.45. The highest BCUT2D eigenvalue weighted by Crippen LogP contribution is 2.29. The summed E-state index contributed by atoms with van der Waals surface area (Å²) in [6.07, 6.45) is 1.52. The van der Waals surface area contributed by atoms with Crippen LogP contribution in [0.25, 0.3) is 10.9 Å². The molecule has 2 aromatic carbocycles. The van der Waals surface area contributed by atoms with Gasteiger partial charge in [-0.2, -0.15) is 0 Å². The van der Waals surface area contributed by atoms with Crippen molar-refractivity contribution in [2.45, 2.75) is 39.3 Å². The first-order chi connectivity index (χ1) is 11.8. The first kappa shape index (κ1) is 17.1. The molecule has 25 heavy (non-hydrogen) atoms. The lowest BCUT2D eigenvalue weighted by molar-refractivity contribution is 0.0512. The minimum Gasteiger partial charge on any atom is -0.444 e. The van der Waals surface area contributed by atoms with Gasteiger partial charge in [0.2, 0.25) is 0 Å². The molecule has 3 rings (SSSR count). The first-order valence-corrected chi connectivity index (χ1v) is 8.45. The summed E-state index contributed by atoms with van der Waals surface area (Å²) in [5.74, 6) is 0. The smallest absolute Gasteiger partial charge is 0.408 e. The van der Waals surface area contributed by atoms with Gasteiger partial charge in [0.25, 0.3) is 0 Å². The van der Waals surface area contributed by atoms with Gasteiger partial charge in [-0.15, -0.1) is 0 Å². The number of rotatable bonds is 3. The highest BCUT2D eigenvalue weighted by molar-refractivity contribution is 5.84. The van der Waals surface area contributed by atoms with E-state index >= 15 is 0 Å². The van der Waals surface area contributed by atoms with Crippen molar-refractivity contribution < 1.29 is 9.53 Å². The molecule has 1 unspecified atom stereocenters. The zero-order chi connectivity index (χ0) is 18.0. The lowest BCUT2D eigenvalue weighted by atomic mass is 9.97. The van der Waals surface area contributed by atoms with Gasteiger partial charge in [-0.05, 0) is 39.3 Å². The second-order valence-electron chi connectivity index (χ2n) is 7.28. The van der Waals surface area contributed by atoms with Gasteiger partial charge in [0.1, 0.15) is 5.60 Å². The molecular formula is C21H24N2O2. The Morgan fingerprint density at radius 2 is 1.76 bits per heavy atom. The number of hydrogen-bond donors (Lipinski definition) is 2. The van der Waals surface area contributed by atoms with Crippen LogP contribution in [0.4, 0.5) is 4.79 Å². The van der Waals surface area contributed by atoms with Crippen molar-refractivity contribution in [3.63, 3.8) is 0 Å². The SMILES string of the molecule is Cc1ccc(C(NC(=O)OC(C)(C)C)c2c[nH]c3ccccc23)cc1. The van der Waals surface area contributed by atoms with E-state index in [1.54, 1.807) is 0 Å². The number of carbonyl (C=O) groups excluding carboxylic acids is 1. The molecule has 130 valence electrons. The van der Waals surface area contributed by atoms with E-state index < -0.39 is 11.7 Å². The third-order valence-electron chi connectivity index (χ3n) is 4.00. The number of ether oxygens (including phenoxy) is 1. The predicted molar refractivity (Wildman–Crippen MR) is 101 cm³/mol. The molecule has 0 saturated heterocycles. The minimum absolute atomic E-state index is 0.286. The summed E-state index contributed by atoms with van der Waals surface area (Å²) in [5, 5.41) is 4.11. The maximum atomic E-state index is 12.4. The van der Waals surface area contributed by atoms with Gasteiger partial charge in [0.15, 0.2) is 0 Å². The quantitative estimate of drug-likeness (QED) is 0.700. The van der Waals surface area contributed by atoms with E-state index in [1.165, 1.54) is 5.56 Å². The summed E-state index contributed by atoms with van der Waals surface area (Å²) >= 11 is 0. The summed E-state index contributed by atoms with van der Waals surface area (Å²) in [5.41, 5.74) is 3.72. The number of H-pyrrole nitrogens is 1. The number of amides is 1. The van der Waals surface area contributed by atoms with Gasteiger partial charge in [-0.1, -0.05) is 48.0 Å². The zero-order valence-corrected chi connectivity index (χ0v) is 15.1. The average Bonchev–Trinajstić information content (AvgIpc) is 2.96. The molecule has 2 N–H and O–H groups in total. The summed E-state index contributed by atoms with van der Waals surface area (Å²) in [6.45, 7) is 7.63. The van der Waals surface area contributed by atoms with Crippen molar-refractivity contribution in [3.8, 4) is 0 Å². The number of aromatic nitrogens is 1. The van der Waals surface area contributed by atoms with Crippen molar-refractivity contribution in [1.29, 1.82) is 0 Å². The number of hydrogen-bond acceptors (Lipinski definition) is 2. The van der Waals surface area contributed by atoms with Crippen LogP contribution < -0.4 is 5.32 Å².